The van der Waals surface area contributed by atoms with Crippen LogP contribution in [0.4, 0.5) is 0 Å². The predicted molar refractivity (Wildman–Crippen MR) is 28.6 cm³/mol. The molecule has 0 aliphatic heterocycles. The molecule has 0 radical (unpaired) electrons. The third-order valence-corrected chi connectivity index (χ3v) is 0.426. The van der Waals surface area contributed by atoms with Gasteiger partial charge >= 0.3 is 0 Å². The maximum atomic E-state index is 9.35. The lowest BCUT2D eigenvalue weighted by Gasteiger charge is -1.98. The Hall–Kier alpha value is -0.860. The van der Waals surface area contributed by atoms with Gasteiger partial charge < -0.3 is 4.90 Å². The maximum absolute atomic E-state index is 9.35. The molecule has 0 aliphatic rings. The summed E-state index contributed by atoms with van der Waals surface area (Å²) in [6.45, 7) is 0. The normalized spacial score (nSPS) is 9.43. The summed E-state index contributed by atoms with van der Waals surface area (Å²) in [7, 11) is 3.64. The third-order valence-electron chi connectivity index (χ3n) is 0.426. The van der Waals surface area contributed by atoms with Crippen LogP contribution in [0.15, 0.2) is 17.6 Å². The molecule has 0 aromatic rings. The first kappa shape index (κ1) is 6.14. The fourth-order valence-electron chi connectivity index (χ4n) is 0.161. The van der Waals surface area contributed by atoms with Gasteiger partial charge in [0.15, 0.2) is 0 Å². The van der Waals surface area contributed by atoms with Crippen LogP contribution in [0.5, 0.6) is 0 Å². The van der Waals surface area contributed by atoms with Crippen molar-refractivity contribution in [2.24, 2.45) is 5.18 Å². The molecule has 0 aliphatic carbocycles. The average molecular weight is 100 g/mol. The highest BCUT2D eigenvalue weighted by Gasteiger charge is 1.69. The van der Waals surface area contributed by atoms with Gasteiger partial charge in [0.1, 0.15) is 0 Å². The zero-order valence-electron chi connectivity index (χ0n) is 4.46. The van der Waals surface area contributed by atoms with Crippen molar-refractivity contribution < 1.29 is 0 Å². The van der Waals surface area contributed by atoms with Gasteiger partial charge in [-0.1, -0.05) is 0 Å². The van der Waals surface area contributed by atoms with Gasteiger partial charge in [-0.2, -0.15) is 0 Å². The highest BCUT2D eigenvalue weighted by molar-refractivity contribution is 4.74. The van der Waals surface area contributed by atoms with Gasteiger partial charge in [-0.3, -0.25) is 0 Å². The van der Waals surface area contributed by atoms with Crippen molar-refractivity contribution in [2.45, 2.75) is 0 Å². The Bertz CT molecular complexity index is 77.8. The van der Waals surface area contributed by atoms with E-state index in [1.807, 2.05) is 14.1 Å². The van der Waals surface area contributed by atoms with Crippen molar-refractivity contribution in [3.05, 3.63) is 17.3 Å². The second-order valence-corrected chi connectivity index (χ2v) is 1.37. The lowest BCUT2D eigenvalue weighted by atomic mass is 10.8. The average Bonchev–Trinajstić information content (AvgIpc) is 1.61. The third kappa shape index (κ3) is 5.14. The maximum Gasteiger partial charge on any atom is 0.0873 e. The van der Waals surface area contributed by atoms with Gasteiger partial charge in [-0.25, -0.2) is 0 Å². The van der Waals surface area contributed by atoms with Gasteiger partial charge in [0.2, 0.25) is 0 Å². The molecule has 0 unspecified atom stereocenters. The van der Waals surface area contributed by atoms with Crippen molar-refractivity contribution in [1.82, 2.24) is 4.90 Å². The summed E-state index contributed by atoms with van der Waals surface area (Å²) < 4.78 is 0. The summed E-state index contributed by atoms with van der Waals surface area (Å²) in [6.07, 6.45) is 2.77. The van der Waals surface area contributed by atoms with E-state index in [2.05, 4.69) is 5.18 Å². The molecule has 0 aromatic heterocycles. The Morgan fingerprint density at radius 3 is 2.29 bits per heavy atom. The largest absolute Gasteiger partial charge is 0.382 e. The summed E-state index contributed by atoms with van der Waals surface area (Å²) in [5.41, 5.74) is 0. The fraction of sp³-hybridized carbons (Fsp3) is 0.500. The van der Waals surface area contributed by atoms with E-state index >= 15 is 0 Å². The van der Waals surface area contributed by atoms with Crippen LogP contribution < -0.4 is 0 Å². The van der Waals surface area contributed by atoms with E-state index < -0.39 is 0 Å². The second kappa shape index (κ2) is 3.33. The van der Waals surface area contributed by atoms with E-state index in [1.54, 1.807) is 11.1 Å². The fourth-order valence-corrected chi connectivity index (χ4v) is 0.161. The number of hydrogen-bond acceptors (Lipinski definition) is 3. The number of nitrogens with zero attached hydrogens (tertiary/aromatic N) is 2. The highest BCUT2D eigenvalue weighted by Crippen LogP contribution is 1.75. The van der Waals surface area contributed by atoms with Gasteiger partial charge in [0, 0.05) is 20.3 Å². The quantitative estimate of drug-likeness (QED) is 0.480. The van der Waals surface area contributed by atoms with Gasteiger partial charge in [0.25, 0.3) is 0 Å². The summed E-state index contributed by atoms with van der Waals surface area (Å²) >= 11 is 0. The Balaban J connectivity index is 3.25. The molecule has 3 nitrogen and oxygen atoms in total. The van der Waals surface area contributed by atoms with Crippen LogP contribution >= 0.6 is 0 Å². The molecule has 0 spiro atoms. The zero-order chi connectivity index (χ0) is 5.70. The van der Waals surface area contributed by atoms with Gasteiger partial charge in [0.05, 0.1) is 6.20 Å². The van der Waals surface area contributed by atoms with Crippen molar-refractivity contribution in [1.29, 1.82) is 0 Å². The molecule has 0 heterocycles. The van der Waals surface area contributed by atoms with E-state index in [0.29, 0.717) is 0 Å². The Morgan fingerprint density at radius 1 is 1.57 bits per heavy atom. The van der Waals surface area contributed by atoms with E-state index in [0.717, 1.165) is 0 Å². The smallest absolute Gasteiger partial charge is 0.0873 e. The molecule has 0 amide bonds. The molecule has 7 heavy (non-hydrogen) atoms. The van der Waals surface area contributed by atoms with E-state index in [9.17, 15) is 4.91 Å². The van der Waals surface area contributed by atoms with Crippen LogP contribution in [0.3, 0.4) is 0 Å². The molecule has 3 heteroatoms. The zero-order valence-corrected chi connectivity index (χ0v) is 4.46. The van der Waals surface area contributed by atoms with Crippen molar-refractivity contribution >= 4 is 0 Å². The number of rotatable bonds is 2. The molecule has 40 valence electrons. The van der Waals surface area contributed by atoms with Crippen LogP contribution in [0.25, 0.3) is 0 Å². The Labute approximate surface area is 42.6 Å². The standard InChI is InChI=1S/C4H8N2O/c1-6(2)4-3-5-7/h3-4H,1-2H3/b4-3+. The van der Waals surface area contributed by atoms with Crippen LogP contribution in [0.2, 0.25) is 0 Å². The van der Waals surface area contributed by atoms with Crippen molar-refractivity contribution in [2.75, 3.05) is 14.1 Å². The summed E-state index contributed by atoms with van der Waals surface area (Å²) in [5, 5.41) is 2.50. The molecule has 0 bridgehead atoms. The van der Waals surface area contributed by atoms with Crippen LogP contribution in [0.1, 0.15) is 0 Å². The van der Waals surface area contributed by atoms with E-state index in [-0.39, 0.29) is 0 Å². The van der Waals surface area contributed by atoms with Crippen LogP contribution in [-0.2, 0) is 0 Å². The predicted octanol–water partition coefficient (Wildman–Crippen LogP) is 0.786. The topological polar surface area (TPSA) is 32.7 Å². The first-order chi connectivity index (χ1) is 3.27. The first-order valence-electron chi connectivity index (χ1n) is 1.93. The minimum absolute atomic E-state index is 1.19. The van der Waals surface area contributed by atoms with E-state index in [1.165, 1.54) is 6.20 Å². The highest BCUT2D eigenvalue weighted by atomic mass is 16.2. The van der Waals surface area contributed by atoms with Crippen LogP contribution in [0, 0.1) is 4.91 Å². The number of hydrogen-bond donors (Lipinski definition) is 0. The minimum Gasteiger partial charge on any atom is -0.382 e. The Kier molecular flexibility index (Phi) is 2.92. The minimum atomic E-state index is 1.19. The van der Waals surface area contributed by atoms with Gasteiger partial charge in [-0.15, -0.1) is 4.91 Å². The molecule has 0 aromatic carbocycles. The molecule has 0 N–H and O–H groups in total. The molecular weight excluding hydrogens is 92.1 g/mol. The molecular formula is C4H8N2O. The summed E-state index contributed by atoms with van der Waals surface area (Å²) in [4.78, 5) is 11.1. The van der Waals surface area contributed by atoms with Crippen LogP contribution in [-0.4, -0.2) is 19.0 Å². The van der Waals surface area contributed by atoms with Crippen molar-refractivity contribution in [3.8, 4) is 0 Å². The lowest BCUT2D eigenvalue weighted by Crippen LogP contribution is -1.99. The lowest BCUT2D eigenvalue weighted by molar-refractivity contribution is 0.562. The monoisotopic (exact) mass is 100 g/mol. The molecule has 0 saturated heterocycles. The van der Waals surface area contributed by atoms with Crippen molar-refractivity contribution in [3.63, 3.8) is 0 Å². The molecule has 0 atom stereocenters. The molecule has 0 rings (SSSR count). The Morgan fingerprint density at radius 2 is 2.14 bits per heavy atom. The molecule has 0 saturated carbocycles. The van der Waals surface area contributed by atoms with E-state index in [4.69, 9.17) is 0 Å². The second-order valence-electron chi connectivity index (χ2n) is 1.37. The molecule has 0 fully saturated rings. The SMILES string of the molecule is CN(C)/C=C/N=O. The van der Waals surface area contributed by atoms with Gasteiger partial charge in [-0.05, 0) is 5.18 Å². The summed E-state index contributed by atoms with van der Waals surface area (Å²) in [6, 6.07) is 0. The number of nitroso groups, excluding NO2 is 1. The summed E-state index contributed by atoms with van der Waals surface area (Å²) in [5.74, 6) is 0. The first-order valence-corrected chi connectivity index (χ1v) is 1.93.